The van der Waals surface area contributed by atoms with Gasteiger partial charge < -0.3 is 5.11 Å². The monoisotopic (exact) mass is 305 g/mol. The predicted molar refractivity (Wildman–Crippen MR) is 68.9 cm³/mol. The molecule has 1 aromatic rings. The summed E-state index contributed by atoms with van der Waals surface area (Å²) in [6, 6.07) is 2.48. The summed E-state index contributed by atoms with van der Waals surface area (Å²) >= 11 is 1.22. The third-order valence-electron chi connectivity index (χ3n) is 2.88. The molecule has 0 amide bonds. The molecule has 1 N–H and O–H groups in total. The highest BCUT2D eigenvalue weighted by molar-refractivity contribution is 8.00. The lowest BCUT2D eigenvalue weighted by atomic mass is 10.2. The maximum Gasteiger partial charge on any atom is 0.322 e. The highest BCUT2D eigenvalue weighted by atomic mass is 32.2. The van der Waals surface area contributed by atoms with Gasteiger partial charge in [0.05, 0.1) is 10.8 Å². The first kappa shape index (κ1) is 14.3. The molecule has 5 nitrogen and oxygen atoms in total. The van der Waals surface area contributed by atoms with Crippen molar-refractivity contribution in [2.24, 2.45) is 0 Å². The number of aliphatic carboxylic acids is 1. The molecule has 1 heterocycles. The molecule has 1 saturated heterocycles. The van der Waals surface area contributed by atoms with Crippen LogP contribution in [0.25, 0.3) is 0 Å². The number of thioether (sulfide) groups is 1. The van der Waals surface area contributed by atoms with E-state index in [0.717, 1.165) is 10.4 Å². The number of hydrogen-bond acceptors (Lipinski definition) is 4. The first-order chi connectivity index (χ1) is 8.84. The van der Waals surface area contributed by atoms with Crippen LogP contribution in [0.5, 0.6) is 0 Å². The molecular weight excluding hydrogens is 293 g/mol. The summed E-state index contributed by atoms with van der Waals surface area (Å²) in [6.07, 6.45) is 0. The highest BCUT2D eigenvalue weighted by Gasteiger charge is 2.40. The number of hydrogen-bond donors (Lipinski definition) is 1. The van der Waals surface area contributed by atoms with Crippen molar-refractivity contribution in [3.63, 3.8) is 0 Å². The van der Waals surface area contributed by atoms with Crippen LogP contribution in [-0.2, 0) is 14.8 Å². The maximum atomic E-state index is 13.4. The minimum absolute atomic E-state index is 0.0643. The number of carboxylic acids is 1. The molecule has 2 rings (SSSR count). The molecule has 0 radical (unpaired) electrons. The largest absolute Gasteiger partial charge is 0.480 e. The van der Waals surface area contributed by atoms with E-state index in [9.17, 15) is 17.6 Å². The number of nitrogens with zero attached hydrogens (tertiary/aromatic N) is 1. The van der Waals surface area contributed by atoms with Gasteiger partial charge in [-0.05, 0) is 24.6 Å². The van der Waals surface area contributed by atoms with Crippen molar-refractivity contribution in [3.05, 3.63) is 29.6 Å². The zero-order chi connectivity index (χ0) is 14.2. The summed E-state index contributed by atoms with van der Waals surface area (Å²) in [6.45, 7) is 1.53. The standard InChI is InChI=1S/C11H12FNO4S2/c1-7-2-3-8(4-9(7)12)19(16,17)13-6-18-5-10(13)11(14)15/h2-4,10H,5-6H2,1H3,(H,14,15)/t10-/m1/s1. The Labute approximate surface area is 114 Å². The number of sulfonamides is 1. The molecule has 1 aromatic carbocycles. The minimum Gasteiger partial charge on any atom is -0.480 e. The third-order valence-corrected chi connectivity index (χ3v) is 5.90. The van der Waals surface area contributed by atoms with E-state index in [1.54, 1.807) is 0 Å². The SMILES string of the molecule is Cc1ccc(S(=O)(=O)N2CSC[C@@H]2C(=O)O)cc1F. The summed E-state index contributed by atoms with van der Waals surface area (Å²) < 4.78 is 38.9. The van der Waals surface area contributed by atoms with Crippen LogP contribution in [-0.4, -0.2) is 41.5 Å². The average Bonchev–Trinajstić information content (AvgIpc) is 2.82. The van der Waals surface area contributed by atoms with Gasteiger partial charge in [-0.2, -0.15) is 4.31 Å². The molecule has 1 aliphatic rings. The van der Waals surface area contributed by atoms with Crippen molar-refractivity contribution in [1.29, 1.82) is 0 Å². The Kier molecular flexibility index (Phi) is 3.84. The number of benzene rings is 1. The van der Waals surface area contributed by atoms with Crippen LogP contribution in [0.3, 0.4) is 0 Å². The Morgan fingerprint density at radius 2 is 2.21 bits per heavy atom. The molecule has 8 heteroatoms. The lowest BCUT2D eigenvalue weighted by molar-refractivity contribution is -0.140. The van der Waals surface area contributed by atoms with Crippen LogP contribution in [0.15, 0.2) is 23.1 Å². The van der Waals surface area contributed by atoms with Crippen LogP contribution < -0.4 is 0 Å². The molecule has 0 saturated carbocycles. The smallest absolute Gasteiger partial charge is 0.322 e. The number of aryl methyl sites for hydroxylation is 1. The van der Waals surface area contributed by atoms with Crippen LogP contribution in [0, 0.1) is 12.7 Å². The van der Waals surface area contributed by atoms with E-state index >= 15 is 0 Å². The molecule has 0 bridgehead atoms. The molecule has 0 aliphatic carbocycles. The van der Waals surface area contributed by atoms with Crippen LogP contribution in [0.1, 0.15) is 5.56 Å². The zero-order valence-electron chi connectivity index (χ0n) is 10.0. The molecule has 0 spiro atoms. The van der Waals surface area contributed by atoms with Crippen molar-refractivity contribution in [2.75, 3.05) is 11.6 Å². The second-order valence-corrected chi connectivity index (χ2v) is 7.05. The molecule has 0 aromatic heterocycles. The van der Waals surface area contributed by atoms with E-state index in [1.165, 1.54) is 30.8 Å². The number of carboxylic acid groups (broad SMARTS) is 1. The van der Waals surface area contributed by atoms with Gasteiger partial charge in [-0.1, -0.05) is 6.07 Å². The van der Waals surface area contributed by atoms with Crippen molar-refractivity contribution in [3.8, 4) is 0 Å². The average molecular weight is 305 g/mol. The van der Waals surface area contributed by atoms with Gasteiger partial charge in [-0.3, -0.25) is 4.79 Å². The van der Waals surface area contributed by atoms with E-state index in [0.29, 0.717) is 5.56 Å². The topological polar surface area (TPSA) is 74.7 Å². The third kappa shape index (κ3) is 2.60. The molecule has 1 atom stereocenters. The van der Waals surface area contributed by atoms with Gasteiger partial charge in [-0.15, -0.1) is 11.8 Å². The van der Waals surface area contributed by atoms with Crippen molar-refractivity contribution in [2.45, 2.75) is 17.9 Å². The Morgan fingerprint density at radius 1 is 1.53 bits per heavy atom. The fourth-order valence-corrected chi connectivity index (χ4v) is 4.88. The van der Waals surface area contributed by atoms with Gasteiger partial charge in [0.15, 0.2) is 0 Å². The highest BCUT2D eigenvalue weighted by Crippen LogP contribution is 2.29. The van der Waals surface area contributed by atoms with Crippen LogP contribution in [0.4, 0.5) is 4.39 Å². The van der Waals surface area contributed by atoms with Crippen molar-refractivity contribution >= 4 is 27.8 Å². The van der Waals surface area contributed by atoms with Gasteiger partial charge in [-0.25, -0.2) is 12.8 Å². The van der Waals surface area contributed by atoms with Crippen LogP contribution >= 0.6 is 11.8 Å². The van der Waals surface area contributed by atoms with Gasteiger partial charge in [0.2, 0.25) is 10.0 Å². The van der Waals surface area contributed by atoms with E-state index in [1.807, 2.05) is 0 Å². The predicted octanol–water partition coefficient (Wildman–Crippen LogP) is 1.28. The van der Waals surface area contributed by atoms with Gasteiger partial charge in [0, 0.05) is 5.75 Å². The molecular formula is C11H12FNO4S2. The fourth-order valence-electron chi connectivity index (χ4n) is 1.73. The molecule has 19 heavy (non-hydrogen) atoms. The number of rotatable bonds is 3. The molecule has 1 fully saturated rings. The summed E-state index contributed by atoms with van der Waals surface area (Å²) in [4.78, 5) is 10.8. The van der Waals surface area contributed by atoms with Gasteiger partial charge in [0.25, 0.3) is 0 Å². The van der Waals surface area contributed by atoms with Gasteiger partial charge in [0.1, 0.15) is 11.9 Å². The zero-order valence-corrected chi connectivity index (χ0v) is 11.7. The lowest BCUT2D eigenvalue weighted by Crippen LogP contribution is -2.41. The maximum absolute atomic E-state index is 13.4. The Hall–Kier alpha value is -1.12. The Bertz CT molecular complexity index is 617. The Balaban J connectivity index is 2.42. The minimum atomic E-state index is -3.98. The Morgan fingerprint density at radius 3 is 2.79 bits per heavy atom. The number of halogens is 1. The van der Waals surface area contributed by atoms with Crippen molar-refractivity contribution in [1.82, 2.24) is 4.31 Å². The second-order valence-electron chi connectivity index (χ2n) is 4.16. The fraction of sp³-hybridized carbons (Fsp3) is 0.364. The quantitative estimate of drug-likeness (QED) is 0.910. The van der Waals surface area contributed by atoms with E-state index in [2.05, 4.69) is 0 Å². The van der Waals surface area contributed by atoms with Crippen LogP contribution in [0.2, 0.25) is 0 Å². The van der Waals surface area contributed by atoms with Crippen molar-refractivity contribution < 1.29 is 22.7 Å². The lowest BCUT2D eigenvalue weighted by Gasteiger charge is -2.20. The summed E-state index contributed by atoms with van der Waals surface area (Å²) in [5, 5.41) is 9.00. The van der Waals surface area contributed by atoms with Gasteiger partial charge >= 0.3 is 5.97 Å². The summed E-state index contributed by atoms with van der Waals surface area (Å²) in [7, 11) is -3.98. The first-order valence-electron chi connectivity index (χ1n) is 5.42. The summed E-state index contributed by atoms with van der Waals surface area (Å²) in [5.74, 6) is -1.56. The molecule has 1 aliphatic heterocycles. The first-order valence-corrected chi connectivity index (χ1v) is 8.02. The molecule has 0 unspecified atom stereocenters. The molecule has 104 valence electrons. The van der Waals surface area contributed by atoms with E-state index in [-0.39, 0.29) is 16.5 Å². The van der Waals surface area contributed by atoms with E-state index < -0.39 is 27.9 Å². The normalized spacial score (nSPS) is 20.6. The number of carbonyl (C=O) groups is 1. The second kappa shape index (κ2) is 5.10. The van der Waals surface area contributed by atoms with E-state index in [4.69, 9.17) is 5.11 Å². The summed E-state index contributed by atoms with van der Waals surface area (Å²) in [5.41, 5.74) is 0.338.